The number of unbranched alkanes of at least 4 members (excludes halogenated alkanes) is 1. The van der Waals surface area contributed by atoms with E-state index in [9.17, 15) is 8.42 Å². The van der Waals surface area contributed by atoms with Crippen LogP contribution in [-0.4, -0.2) is 30.9 Å². The normalized spacial score (nSPS) is 13.9. The van der Waals surface area contributed by atoms with E-state index in [0.29, 0.717) is 6.42 Å². The van der Waals surface area contributed by atoms with Crippen LogP contribution in [0.5, 0.6) is 0 Å². The van der Waals surface area contributed by atoms with Crippen LogP contribution in [0.2, 0.25) is 0 Å². The summed E-state index contributed by atoms with van der Waals surface area (Å²) >= 11 is 0. The molecule has 1 N–H and O–H groups in total. The lowest BCUT2D eigenvalue weighted by molar-refractivity contribution is 0.597. The summed E-state index contributed by atoms with van der Waals surface area (Å²) in [5.74, 6) is 1.09. The molecule has 122 valence electrons. The summed E-state index contributed by atoms with van der Waals surface area (Å²) in [7, 11) is -3.34. The zero-order valence-corrected chi connectivity index (χ0v) is 13.9. The molecule has 0 aliphatic carbocycles. The number of benzene rings is 1. The van der Waals surface area contributed by atoms with Gasteiger partial charge in [-0.1, -0.05) is 31.5 Å². The van der Waals surface area contributed by atoms with Crippen molar-refractivity contribution in [3.05, 3.63) is 42.0 Å². The first-order chi connectivity index (χ1) is 11.1. The van der Waals surface area contributed by atoms with Crippen molar-refractivity contribution in [2.24, 2.45) is 0 Å². The average Bonchev–Trinajstić information content (AvgIpc) is 2.97. The molecule has 0 amide bonds. The number of sulfonamides is 1. The van der Waals surface area contributed by atoms with Crippen molar-refractivity contribution in [1.82, 2.24) is 10.2 Å². The lowest BCUT2D eigenvalue weighted by Crippen LogP contribution is -2.19. The number of hydrogen-bond acceptors (Lipinski definition) is 5. The van der Waals surface area contributed by atoms with Crippen LogP contribution >= 0.6 is 0 Å². The third-order valence-corrected chi connectivity index (χ3v) is 5.19. The van der Waals surface area contributed by atoms with Gasteiger partial charge in [0.15, 0.2) is 11.6 Å². The van der Waals surface area contributed by atoms with Crippen molar-refractivity contribution >= 4 is 27.3 Å². The highest BCUT2D eigenvalue weighted by Crippen LogP contribution is 2.32. The highest BCUT2D eigenvalue weighted by Gasteiger charge is 2.21. The number of rotatable bonds is 6. The molecule has 1 aromatic carbocycles. The predicted octanol–water partition coefficient (Wildman–Crippen LogP) is 2.71. The van der Waals surface area contributed by atoms with Gasteiger partial charge in [-0.2, -0.15) is 0 Å². The van der Waals surface area contributed by atoms with Crippen LogP contribution in [0.25, 0.3) is 0 Å². The first-order valence-electron chi connectivity index (χ1n) is 7.79. The van der Waals surface area contributed by atoms with Gasteiger partial charge < -0.3 is 4.90 Å². The third kappa shape index (κ3) is 3.61. The Balaban J connectivity index is 1.74. The quantitative estimate of drug-likeness (QED) is 0.880. The zero-order chi connectivity index (χ0) is 16.3. The number of aromatic nitrogens is 2. The standard InChI is InChI=1S/C16H20N4O2S/c1-2-3-12-23(21,22)19-15-8-9-16(18-17-15)20-11-10-13-6-4-5-7-14(13)20/h4-9H,2-3,10-12H2,1H3,(H,17,19). The van der Waals surface area contributed by atoms with Crippen LogP contribution < -0.4 is 9.62 Å². The Morgan fingerprint density at radius 3 is 2.74 bits per heavy atom. The van der Waals surface area contributed by atoms with Crippen LogP contribution in [0.1, 0.15) is 25.3 Å². The van der Waals surface area contributed by atoms with Gasteiger partial charge in [0.05, 0.1) is 5.75 Å². The number of fused-ring (bicyclic) bond motifs is 1. The van der Waals surface area contributed by atoms with E-state index in [1.165, 1.54) is 5.56 Å². The molecule has 7 heteroatoms. The average molecular weight is 332 g/mol. The Kier molecular flexibility index (Phi) is 4.47. The van der Waals surface area contributed by atoms with Gasteiger partial charge in [0.25, 0.3) is 0 Å². The van der Waals surface area contributed by atoms with E-state index in [1.54, 1.807) is 12.1 Å². The van der Waals surface area contributed by atoms with E-state index in [4.69, 9.17) is 0 Å². The van der Waals surface area contributed by atoms with Crippen LogP contribution in [0.15, 0.2) is 36.4 Å². The first kappa shape index (κ1) is 15.7. The maximum Gasteiger partial charge on any atom is 0.233 e. The van der Waals surface area contributed by atoms with E-state index in [0.717, 1.165) is 30.9 Å². The summed E-state index contributed by atoms with van der Waals surface area (Å²) in [4.78, 5) is 2.09. The fourth-order valence-electron chi connectivity index (χ4n) is 2.64. The van der Waals surface area contributed by atoms with Gasteiger partial charge in [-0.25, -0.2) is 8.42 Å². The molecule has 0 spiro atoms. The number of anilines is 3. The van der Waals surface area contributed by atoms with Gasteiger partial charge >= 0.3 is 0 Å². The Morgan fingerprint density at radius 1 is 1.17 bits per heavy atom. The molecule has 3 rings (SSSR count). The summed E-state index contributed by atoms with van der Waals surface area (Å²) < 4.78 is 26.2. The van der Waals surface area contributed by atoms with Crippen LogP contribution in [-0.2, 0) is 16.4 Å². The second kappa shape index (κ2) is 6.54. The van der Waals surface area contributed by atoms with Crippen molar-refractivity contribution in [3.8, 4) is 0 Å². The molecule has 2 heterocycles. The van der Waals surface area contributed by atoms with Gasteiger partial charge in [-0.15, -0.1) is 10.2 Å². The minimum Gasteiger partial charge on any atom is -0.324 e. The highest BCUT2D eigenvalue weighted by atomic mass is 32.2. The second-order valence-electron chi connectivity index (χ2n) is 5.58. The SMILES string of the molecule is CCCCS(=O)(=O)Nc1ccc(N2CCc3ccccc32)nn1. The summed E-state index contributed by atoms with van der Waals surface area (Å²) in [5.41, 5.74) is 2.43. The minimum atomic E-state index is -3.34. The number of para-hydroxylation sites is 1. The largest absolute Gasteiger partial charge is 0.324 e. The molecule has 0 unspecified atom stereocenters. The number of nitrogens with one attached hydrogen (secondary N) is 1. The molecular weight excluding hydrogens is 312 g/mol. The minimum absolute atomic E-state index is 0.104. The Bertz CT molecular complexity index is 775. The Morgan fingerprint density at radius 2 is 2.00 bits per heavy atom. The first-order valence-corrected chi connectivity index (χ1v) is 9.44. The topological polar surface area (TPSA) is 75.2 Å². The molecule has 2 aromatic rings. The number of nitrogens with zero attached hydrogens (tertiary/aromatic N) is 3. The fraction of sp³-hybridized carbons (Fsp3) is 0.375. The number of hydrogen-bond donors (Lipinski definition) is 1. The van der Waals surface area contributed by atoms with Gasteiger partial charge in [-0.3, -0.25) is 4.72 Å². The maximum absolute atomic E-state index is 11.9. The van der Waals surface area contributed by atoms with E-state index >= 15 is 0 Å². The third-order valence-electron chi connectivity index (χ3n) is 3.84. The molecule has 1 aliphatic rings. The zero-order valence-electron chi connectivity index (χ0n) is 13.1. The van der Waals surface area contributed by atoms with E-state index < -0.39 is 10.0 Å². The fourth-order valence-corrected chi connectivity index (χ4v) is 3.84. The molecule has 23 heavy (non-hydrogen) atoms. The molecule has 1 aromatic heterocycles. The van der Waals surface area contributed by atoms with Crippen molar-refractivity contribution < 1.29 is 8.42 Å². The lowest BCUT2D eigenvalue weighted by atomic mass is 10.2. The van der Waals surface area contributed by atoms with Crippen molar-refractivity contribution in [2.45, 2.75) is 26.2 Å². The van der Waals surface area contributed by atoms with Gasteiger partial charge in [0, 0.05) is 12.2 Å². The van der Waals surface area contributed by atoms with Crippen LogP contribution in [0.4, 0.5) is 17.3 Å². The van der Waals surface area contributed by atoms with Gasteiger partial charge in [0.2, 0.25) is 10.0 Å². The molecule has 0 saturated heterocycles. The molecule has 0 saturated carbocycles. The molecule has 0 bridgehead atoms. The van der Waals surface area contributed by atoms with Gasteiger partial charge in [0.1, 0.15) is 0 Å². The van der Waals surface area contributed by atoms with Crippen molar-refractivity contribution in [1.29, 1.82) is 0 Å². The van der Waals surface area contributed by atoms with E-state index in [-0.39, 0.29) is 11.6 Å². The molecule has 0 radical (unpaired) electrons. The Labute approximate surface area is 136 Å². The second-order valence-corrected chi connectivity index (χ2v) is 7.42. The van der Waals surface area contributed by atoms with Gasteiger partial charge in [-0.05, 0) is 36.6 Å². The van der Waals surface area contributed by atoms with E-state index in [1.807, 2.05) is 19.1 Å². The van der Waals surface area contributed by atoms with Crippen LogP contribution in [0.3, 0.4) is 0 Å². The summed E-state index contributed by atoms with van der Waals surface area (Å²) in [6.07, 6.45) is 2.44. The maximum atomic E-state index is 11.9. The summed E-state index contributed by atoms with van der Waals surface area (Å²) in [6.45, 7) is 2.81. The molecular formula is C16H20N4O2S. The van der Waals surface area contributed by atoms with E-state index in [2.05, 4.69) is 32.0 Å². The van der Waals surface area contributed by atoms with Crippen LogP contribution in [0, 0.1) is 0 Å². The Hall–Kier alpha value is -2.15. The summed E-state index contributed by atoms with van der Waals surface area (Å²) in [6, 6.07) is 11.7. The molecule has 1 aliphatic heterocycles. The smallest absolute Gasteiger partial charge is 0.233 e. The molecule has 0 atom stereocenters. The monoisotopic (exact) mass is 332 g/mol. The lowest BCUT2D eigenvalue weighted by Gasteiger charge is -2.17. The summed E-state index contributed by atoms with van der Waals surface area (Å²) in [5, 5.41) is 8.18. The highest BCUT2D eigenvalue weighted by molar-refractivity contribution is 7.92. The van der Waals surface area contributed by atoms with Crippen molar-refractivity contribution in [3.63, 3.8) is 0 Å². The van der Waals surface area contributed by atoms with Crippen molar-refractivity contribution in [2.75, 3.05) is 21.9 Å². The molecule has 0 fully saturated rings. The predicted molar refractivity (Wildman–Crippen MR) is 91.5 cm³/mol. The molecule has 6 nitrogen and oxygen atoms in total.